The van der Waals surface area contributed by atoms with Gasteiger partial charge in [-0.25, -0.2) is 0 Å². The minimum absolute atomic E-state index is 0.276. The average Bonchev–Trinajstić information content (AvgIpc) is 3.38. The fourth-order valence-corrected chi connectivity index (χ4v) is 4.31. The molecule has 0 aliphatic carbocycles. The van der Waals surface area contributed by atoms with Crippen LogP contribution in [0.25, 0.3) is 22.3 Å². The Kier molecular flexibility index (Phi) is 8.32. The van der Waals surface area contributed by atoms with E-state index in [1.54, 1.807) is 17.9 Å². The number of methoxy groups -OCH3 is 1. The van der Waals surface area contributed by atoms with Crippen LogP contribution in [0, 0.1) is 0 Å². The number of ether oxygens (including phenoxy) is 1. The van der Waals surface area contributed by atoms with E-state index in [1.165, 1.54) is 0 Å². The van der Waals surface area contributed by atoms with Crippen LogP contribution >= 0.6 is 0 Å². The van der Waals surface area contributed by atoms with Crippen LogP contribution in [0.4, 0.5) is 0 Å². The summed E-state index contributed by atoms with van der Waals surface area (Å²) in [4.78, 5) is 24.9. The summed E-state index contributed by atoms with van der Waals surface area (Å²) in [6.45, 7) is 0.325. The molecule has 0 saturated carbocycles. The van der Waals surface area contributed by atoms with Gasteiger partial charge in [0.15, 0.2) is 0 Å². The van der Waals surface area contributed by atoms with Crippen molar-refractivity contribution < 1.29 is 19.4 Å². The summed E-state index contributed by atoms with van der Waals surface area (Å²) >= 11 is 0. The van der Waals surface area contributed by atoms with Crippen molar-refractivity contribution in [2.24, 2.45) is 0 Å². The third-order valence-electron chi connectivity index (χ3n) is 6.11. The van der Waals surface area contributed by atoms with Gasteiger partial charge in [0.25, 0.3) is 0 Å². The summed E-state index contributed by atoms with van der Waals surface area (Å²) in [5.74, 6) is -1.39. The number of benzene rings is 3. The monoisotopic (exact) mass is 482 g/mol. The third-order valence-corrected chi connectivity index (χ3v) is 6.11. The number of nitrogens with zero attached hydrogens (tertiary/aromatic N) is 1. The summed E-state index contributed by atoms with van der Waals surface area (Å²) in [7, 11) is 1.58. The van der Waals surface area contributed by atoms with Crippen LogP contribution in [0.2, 0.25) is 0 Å². The standard InChI is InChI=1S/C30H30N2O4/c1-36-21-27(18-22-8-4-2-5-9-22)31-30(35)28(19-29(33)34)32-17-16-26(20-32)25-14-12-24(13-15-25)23-10-6-3-7-11-23/h2-17,20,27-28H,18-19,21H2,1H3,(H,31,35)(H,33,34)/t27-,28?/m0/s1. The van der Waals surface area contributed by atoms with Gasteiger partial charge < -0.3 is 19.7 Å². The second-order valence-electron chi connectivity index (χ2n) is 8.76. The SMILES string of the molecule is COC[C@H](Cc1ccccc1)NC(=O)C(CC(=O)O)n1ccc(-c2ccc(-c3ccccc3)cc2)c1. The first-order valence-electron chi connectivity index (χ1n) is 11.9. The molecule has 1 heterocycles. The molecule has 0 bridgehead atoms. The number of carboxylic acid groups (broad SMARTS) is 1. The highest BCUT2D eigenvalue weighted by molar-refractivity contribution is 5.85. The Morgan fingerprint density at radius 3 is 2.03 bits per heavy atom. The molecule has 0 saturated heterocycles. The van der Waals surface area contributed by atoms with E-state index >= 15 is 0 Å². The van der Waals surface area contributed by atoms with Crippen molar-refractivity contribution >= 4 is 11.9 Å². The molecule has 6 nitrogen and oxygen atoms in total. The maximum atomic E-state index is 13.3. The van der Waals surface area contributed by atoms with Crippen LogP contribution in [0.5, 0.6) is 0 Å². The Balaban J connectivity index is 1.51. The molecule has 3 aromatic carbocycles. The van der Waals surface area contributed by atoms with Crippen molar-refractivity contribution in [3.05, 3.63) is 109 Å². The van der Waals surface area contributed by atoms with Gasteiger partial charge in [-0.2, -0.15) is 0 Å². The second-order valence-corrected chi connectivity index (χ2v) is 8.76. The fourth-order valence-electron chi connectivity index (χ4n) is 4.31. The quantitative estimate of drug-likeness (QED) is 0.307. The van der Waals surface area contributed by atoms with Gasteiger partial charge in [-0.1, -0.05) is 84.9 Å². The van der Waals surface area contributed by atoms with Gasteiger partial charge in [-0.3, -0.25) is 9.59 Å². The van der Waals surface area contributed by atoms with E-state index in [0.717, 1.165) is 27.8 Å². The molecule has 0 fully saturated rings. The highest BCUT2D eigenvalue weighted by Crippen LogP contribution is 2.26. The molecule has 36 heavy (non-hydrogen) atoms. The lowest BCUT2D eigenvalue weighted by Gasteiger charge is -2.23. The van der Waals surface area contributed by atoms with Crippen molar-refractivity contribution in [1.29, 1.82) is 0 Å². The number of nitrogens with one attached hydrogen (secondary N) is 1. The minimum atomic E-state index is -1.04. The lowest BCUT2D eigenvalue weighted by Crippen LogP contribution is -2.43. The number of aromatic nitrogens is 1. The molecule has 0 aliphatic rings. The summed E-state index contributed by atoms with van der Waals surface area (Å²) in [6.07, 6.45) is 3.85. The number of hydrogen-bond acceptors (Lipinski definition) is 3. The van der Waals surface area contributed by atoms with Crippen LogP contribution in [-0.4, -0.2) is 41.3 Å². The Labute approximate surface area is 211 Å². The lowest BCUT2D eigenvalue weighted by atomic mass is 10.0. The van der Waals surface area contributed by atoms with E-state index in [9.17, 15) is 14.7 Å². The number of carboxylic acids is 1. The molecule has 0 spiro atoms. The van der Waals surface area contributed by atoms with Gasteiger partial charge >= 0.3 is 5.97 Å². The van der Waals surface area contributed by atoms with Crippen LogP contribution in [0.15, 0.2) is 103 Å². The molecule has 0 radical (unpaired) electrons. The fraction of sp³-hybridized carbons (Fsp3) is 0.200. The zero-order chi connectivity index (χ0) is 25.3. The summed E-state index contributed by atoms with van der Waals surface area (Å²) < 4.78 is 6.99. The molecule has 184 valence electrons. The van der Waals surface area contributed by atoms with Gasteiger partial charge in [0.05, 0.1) is 19.1 Å². The number of rotatable bonds is 11. The predicted octanol–water partition coefficient (Wildman–Crippen LogP) is 5.21. The van der Waals surface area contributed by atoms with Crippen LogP contribution < -0.4 is 5.32 Å². The highest BCUT2D eigenvalue weighted by Gasteiger charge is 2.26. The van der Waals surface area contributed by atoms with Gasteiger partial charge in [0, 0.05) is 19.5 Å². The number of carbonyl (C=O) groups is 2. The maximum absolute atomic E-state index is 13.3. The Morgan fingerprint density at radius 2 is 1.42 bits per heavy atom. The summed E-state index contributed by atoms with van der Waals surface area (Å²) in [6, 6.07) is 28.9. The first-order chi connectivity index (χ1) is 17.5. The van der Waals surface area contributed by atoms with Gasteiger partial charge in [0.2, 0.25) is 5.91 Å². The van der Waals surface area contributed by atoms with E-state index in [1.807, 2.05) is 72.9 Å². The predicted molar refractivity (Wildman–Crippen MR) is 141 cm³/mol. The number of amides is 1. The molecular weight excluding hydrogens is 452 g/mol. The second kappa shape index (κ2) is 12.0. The van der Waals surface area contributed by atoms with Crippen molar-refractivity contribution in [3.63, 3.8) is 0 Å². The van der Waals surface area contributed by atoms with Crippen molar-refractivity contribution in [3.8, 4) is 22.3 Å². The van der Waals surface area contributed by atoms with E-state index in [0.29, 0.717) is 13.0 Å². The number of carbonyl (C=O) groups excluding carboxylic acids is 1. The molecule has 0 aliphatic heterocycles. The average molecular weight is 483 g/mol. The zero-order valence-corrected chi connectivity index (χ0v) is 20.2. The Hall–Kier alpha value is -4.16. The molecule has 4 aromatic rings. The zero-order valence-electron chi connectivity index (χ0n) is 20.2. The highest BCUT2D eigenvalue weighted by atomic mass is 16.5. The number of aliphatic carboxylic acids is 1. The van der Waals surface area contributed by atoms with Crippen molar-refractivity contribution in [1.82, 2.24) is 9.88 Å². The molecule has 6 heteroatoms. The Bertz CT molecular complexity index is 1270. The first kappa shape index (κ1) is 24.9. The van der Waals surface area contributed by atoms with Crippen molar-refractivity contribution in [2.75, 3.05) is 13.7 Å². The molecule has 1 aromatic heterocycles. The molecule has 1 amide bonds. The summed E-state index contributed by atoms with van der Waals surface area (Å²) in [5, 5.41) is 12.5. The first-order valence-corrected chi connectivity index (χ1v) is 11.9. The third kappa shape index (κ3) is 6.49. The van der Waals surface area contributed by atoms with E-state index in [2.05, 4.69) is 29.6 Å². The Morgan fingerprint density at radius 1 is 0.833 bits per heavy atom. The normalized spacial score (nSPS) is 12.6. The van der Waals surface area contributed by atoms with Gasteiger partial charge in [-0.15, -0.1) is 0 Å². The maximum Gasteiger partial charge on any atom is 0.306 e. The molecule has 4 rings (SSSR count). The van der Waals surface area contributed by atoms with E-state index in [4.69, 9.17) is 4.74 Å². The molecular formula is C30H30N2O4. The van der Waals surface area contributed by atoms with Crippen LogP contribution in [0.3, 0.4) is 0 Å². The van der Waals surface area contributed by atoms with E-state index < -0.39 is 12.0 Å². The lowest BCUT2D eigenvalue weighted by molar-refractivity contribution is -0.140. The smallest absolute Gasteiger partial charge is 0.306 e. The van der Waals surface area contributed by atoms with E-state index in [-0.39, 0.29) is 18.4 Å². The van der Waals surface area contributed by atoms with Gasteiger partial charge in [0.1, 0.15) is 6.04 Å². The topological polar surface area (TPSA) is 80.6 Å². The number of hydrogen-bond donors (Lipinski definition) is 2. The van der Waals surface area contributed by atoms with Crippen molar-refractivity contribution in [2.45, 2.75) is 24.9 Å². The van der Waals surface area contributed by atoms with Gasteiger partial charge in [-0.05, 0) is 40.3 Å². The molecule has 1 unspecified atom stereocenters. The summed E-state index contributed by atoms with van der Waals surface area (Å²) in [5.41, 5.74) is 5.22. The van der Waals surface area contributed by atoms with Crippen LogP contribution in [-0.2, 0) is 20.7 Å². The molecule has 2 N–H and O–H groups in total. The molecule has 2 atom stereocenters. The van der Waals surface area contributed by atoms with Crippen LogP contribution in [0.1, 0.15) is 18.0 Å². The minimum Gasteiger partial charge on any atom is -0.481 e. The largest absolute Gasteiger partial charge is 0.481 e.